The van der Waals surface area contributed by atoms with Crippen LogP contribution in [0, 0.1) is 0 Å². The molecule has 0 saturated heterocycles. The Kier molecular flexibility index (Phi) is 3.43. The van der Waals surface area contributed by atoms with Crippen LogP contribution >= 0.6 is 34.5 Å². The van der Waals surface area contributed by atoms with Crippen LogP contribution in [0.5, 0.6) is 0 Å². The first-order chi connectivity index (χ1) is 7.65. The van der Waals surface area contributed by atoms with E-state index in [-0.39, 0.29) is 5.91 Å². The first kappa shape index (κ1) is 11.4. The van der Waals surface area contributed by atoms with Crippen molar-refractivity contribution < 1.29 is 4.79 Å². The third-order valence-electron chi connectivity index (χ3n) is 1.78. The van der Waals surface area contributed by atoms with Gasteiger partial charge >= 0.3 is 0 Å². The van der Waals surface area contributed by atoms with Crippen molar-refractivity contribution in [2.75, 3.05) is 5.32 Å². The Balaban J connectivity index is 2.18. The van der Waals surface area contributed by atoms with Crippen molar-refractivity contribution in [3.63, 3.8) is 0 Å². The summed E-state index contributed by atoms with van der Waals surface area (Å²) < 4.78 is 0. The minimum absolute atomic E-state index is 0.221. The quantitative estimate of drug-likeness (QED) is 0.906. The van der Waals surface area contributed by atoms with Crippen LogP contribution in [0.15, 0.2) is 29.9 Å². The zero-order valence-electron chi connectivity index (χ0n) is 7.91. The first-order valence-electron chi connectivity index (χ1n) is 4.31. The van der Waals surface area contributed by atoms with Crippen LogP contribution in [0.1, 0.15) is 9.67 Å². The number of anilines is 1. The van der Waals surface area contributed by atoms with Gasteiger partial charge < -0.3 is 5.32 Å². The predicted octanol–water partition coefficient (Wildman–Crippen LogP) is 3.70. The molecule has 1 aromatic carbocycles. The Labute approximate surface area is 106 Å². The number of carbonyl (C=O) groups is 1. The molecule has 2 aromatic rings. The Bertz CT molecular complexity index is 493. The third-order valence-corrected chi connectivity index (χ3v) is 2.98. The number of nitrogens with one attached hydrogen (secondary N) is 1. The van der Waals surface area contributed by atoms with Crippen molar-refractivity contribution in [1.82, 2.24) is 4.98 Å². The van der Waals surface area contributed by atoms with Crippen LogP contribution in [-0.2, 0) is 0 Å². The summed E-state index contributed by atoms with van der Waals surface area (Å²) in [6.45, 7) is 0. The highest BCUT2D eigenvalue weighted by Crippen LogP contribution is 2.23. The fraction of sp³-hybridized carbons (Fsp3) is 0. The fourth-order valence-corrected chi connectivity index (χ4v) is 2.19. The van der Waals surface area contributed by atoms with Gasteiger partial charge in [-0.15, -0.1) is 11.3 Å². The predicted molar refractivity (Wildman–Crippen MR) is 66.5 cm³/mol. The molecule has 0 atom stereocenters. The summed E-state index contributed by atoms with van der Waals surface area (Å²) in [6, 6.07) is 4.87. The standard InChI is InChI=1S/C10H6Cl2N2OS/c11-6-1-7(12)3-8(2-6)14-10(15)9-4-13-5-16-9/h1-5H,(H,14,15). The van der Waals surface area contributed by atoms with Gasteiger partial charge in [0.25, 0.3) is 5.91 Å². The van der Waals surface area contributed by atoms with Gasteiger partial charge in [-0.25, -0.2) is 0 Å². The Morgan fingerprint density at radius 1 is 1.25 bits per heavy atom. The van der Waals surface area contributed by atoms with Gasteiger partial charge in [-0.3, -0.25) is 9.78 Å². The molecule has 82 valence electrons. The summed E-state index contributed by atoms with van der Waals surface area (Å²) in [5.41, 5.74) is 2.16. The van der Waals surface area contributed by atoms with Crippen LogP contribution < -0.4 is 5.32 Å². The van der Waals surface area contributed by atoms with E-state index in [4.69, 9.17) is 23.2 Å². The number of amides is 1. The van der Waals surface area contributed by atoms with E-state index in [0.717, 1.165) is 0 Å². The van der Waals surface area contributed by atoms with E-state index in [1.165, 1.54) is 17.5 Å². The number of aromatic nitrogens is 1. The highest BCUT2D eigenvalue weighted by Gasteiger charge is 2.08. The van der Waals surface area contributed by atoms with Crippen molar-refractivity contribution in [3.05, 3.63) is 44.8 Å². The molecule has 0 radical (unpaired) electrons. The molecule has 6 heteroatoms. The first-order valence-corrected chi connectivity index (χ1v) is 5.94. The largest absolute Gasteiger partial charge is 0.321 e. The Hall–Kier alpha value is -1.10. The lowest BCUT2D eigenvalue weighted by atomic mass is 10.3. The maximum absolute atomic E-state index is 11.7. The number of thiazole rings is 1. The SMILES string of the molecule is O=C(Nc1cc(Cl)cc(Cl)c1)c1cncs1. The molecular formula is C10H6Cl2N2OS. The summed E-state index contributed by atoms with van der Waals surface area (Å²) in [7, 11) is 0. The maximum Gasteiger partial charge on any atom is 0.267 e. The number of nitrogens with zero attached hydrogens (tertiary/aromatic N) is 1. The molecule has 0 spiro atoms. The topological polar surface area (TPSA) is 42.0 Å². The van der Waals surface area contributed by atoms with Gasteiger partial charge in [-0.2, -0.15) is 0 Å². The van der Waals surface area contributed by atoms with Gasteiger partial charge in [0, 0.05) is 15.7 Å². The third kappa shape index (κ3) is 2.72. The smallest absolute Gasteiger partial charge is 0.267 e. The second-order valence-electron chi connectivity index (χ2n) is 2.98. The molecular weight excluding hydrogens is 267 g/mol. The van der Waals surface area contributed by atoms with E-state index in [0.29, 0.717) is 20.6 Å². The van der Waals surface area contributed by atoms with Crippen molar-refractivity contribution in [2.24, 2.45) is 0 Å². The Morgan fingerprint density at radius 3 is 2.50 bits per heavy atom. The van der Waals surface area contributed by atoms with Crippen LogP contribution in [0.25, 0.3) is 0 Å². The fourth-order valence-electron chi connectivity index (χ4n) is 1.15. The number of benzene rings is 1. The molecule has 0 unspecified atom stereocenters. The minimum atomic E-state index is -0.221. The van der Waals surface area contributed by atoms with E-state index < -0.39 is 0 Å². The lowest BCUT2D eigenvalue weighted by Crippen LogP contribution is -2.09. The normalized spacial score (nSPS) is 10.1. The van der Waals surface area contributed by atoms with Crippen molar-refractivity contribution in [3.8, 4) is 0 Å². The summed E-state index contributed by atoms with van der Waals surface area (Å²) >= 11 is 12.9. The van der Waals surface area contributed by atoms with E-state index in [9.17, 15) is 4.79 Å². The van der Waals surface area contributed by atoms with Gasteiger partial charge in [0.2, 0.25) is 0 Å². The number of hydrogen-bond donors (Lipinski definition) is 1. The van der Waals surface area contributed by atoms with Crippen molar-refractivity contribution in [2.45, 2.75) is 0 Å². The van der Waals surface area contributed by atoms with Crippen LogP contribution in [0.3, 0.4) is 0 Å². The zero-order valence-corrected chi connectivity index (χ0v) is 10.2. The van der Waals surface area contributed by atoms with Gasteiger partial charge in [-0.1, -0.05) is 23.2 Å². The van der Waals surface area contributed by atoms with Crippen molar-refractivity contribution >= 4 is 46.1 Å². The summed E-state index contributed by atoms with van der Waals surface area (Å²) in [4.78, 5) is 16.0. The molecule has 0 aliphatic heterocycles. The van der Waals surface area contributed by atoms with Gasteiger partial charge in [0.1, 0.15) is 4.88 Å². The molecule has 2 rings (SSSR count). The highest BCUT2D eigenvalue weighted by molar-refractivity contribution is 7.11. The van der Waals surface area contributed by atoms with Gasteiger partial charge in [-0.05, 0) is 18.2 Å². The number of rotatable bonds is 2. The number of carbonyl (C=O) groups excluding carboxylic acids is 1. The van der Waals surface area contributed by atoms with Crippen LogP contribution in [0.2, 0.25) is 10.0 Å². The van der Waals surface area contributed by atoms with Gasteiger partial charge in [0.15, 0.2) is 0 Å². The summed E-state index contributed by atoms with van der Waals surface area (Å²) in [6.07, 6.45) is 1.51. The van der Waals surface area contributed by atoms with E-state index in [1.807, 2.05) is 0 Å². The minimum Gasteiger partial charge on any atom is -0.321 e. The summed E-state index contributed by atoms with van der Waals surface area (Å²) in [5, 5.41) is 3.65. The van der Waals surface area contributed by atoms with E-state index in [1.54, 1.807) is 23.7 Å². The molecule has 0 fully saturated rings. The Morgan fingerprint density at radius 2 is 1.94 bits per heavy atom. The molecule has 1 amide bonds. The molecule has 16 heavy (non-hydrogen) atoms. The lowest BCUT2D eigenvalue weighted by Gasteiger charge is -2.04. The molecule has 0 bridgehead atoms. The molecule has 0 aliphatic carbocycles. The van der Waals surface area contributed by atoms with Gasteiger partial charge in [0.05, 0.1) is 11.7 Å². The lowest BCUT2D eigenvalue weighted by molar-refractivity contribution is 0.103. The number of hydrogen-bond acceptors (Lipinski definition) is 3. The monoisotopic (exact) mass is 272 g/mol. The zero-order chi connectivity index (χ0) is 11.5. The highest BCUT2D eigenvalue weighted by atomic mass is 35.5. The average Bonchev–Trinajstić information content (AvgIpc) is 2.68. The second kappa shape index (κ2) is 4.82. The molecule has 1 N–H and O–H groups in total. The molecule has 1 heterocycles. The molecule has 1 aromatic heterocycles. The molecule has 3 nitrogen and oxygen atoms in total. The maximum atomic E-state index is 11.7. The molecule has 0 saturated carbocycles. The second-order valence-corrected chi connectivity index (χ2v) is 4.74. The molecule has 0 aliphatic rings. The average molecular weight is 273 g/mol. The van der Waals surface area contributed by atoms with Crippen molar-refractivity contribution in [1.29, 1.82) is 0 Å². The van der Waals surface area contributed by atoms with E-state index in [2.05, 4.69) is 10.3 Å². The number of halogens is 2. The van der Waals surface area contributed by atoms with Crippen LogP contribution in [0.4, 0.5) is 5.69 Å². The van der Waals surface area contributed by atoms with Crippen LogP contribution in [-0.4, -0.2) is 10.9 Å². The summed E-state index contributed by atoms with van der Waals surface area (Å²) in [5.74, 6) is -0.221. The van der Waals surface area contributed by atoms with E-state index >= 15 is 0 Å².